The molecular formula is C6H14N4O3. The number of nitrogens with two attached hydrogens (primary N) is 3. The van der Waals surface area contributed by atoms with Gasteiger partial charge in [0.25, 0.3) is 0 Å². The largest absolute Gasteiger partial charge is 0.480 e. The third-order valence-corrected chi connectivity index (χ3v) is 1.40. The van der Waals surface area contributed by atoms with Crippen LogP contribution >= 0.6 is 0 Å². The molecule has 0 aromatic rings. The lowest BCUT2D eigenvalue weighted by molar-refractivity contribution is -0.138. The second-order valence-electron chi connectivity index (χ2n) is 2.53. The Hall–Kier alpha value is -1.18. The van der Waals surface area contributed by atoms with E-state index in [1.807, 2.05) is 0 Å². The van der Waals surface area contributed by atoms with Gasteiger partial charge >= 0.3 is 5.97 Å². The van der Waals surface area contributed by atoms with E-state index in [2.05, 4.69) is 5.32 Å². The summed E-state index contributed by atoms with van der Waals surface area (Å²) < 4.78 is 0. The molecule has 1 amide bonds. The van der Waals surface area contributed by atoms with E-state index in [4.69, 9.17) is 22.3 Å². The van der Waals surface area contributed by atoms with Crippen molar-refractivity contribution in [1.82, 2.24) is 5.32 Å². The van der Waals surface area contributed by atoms with E-state index in [9.17, 15) is 9.59 Å². The minimum atomic E-state index is -1.18. The average molecular weight is 190 g/mol. The van der Waals surface area contributed by atoms with Gasteiger partial charge in [-0.1, -0.05) is 0 Å². The number of amides is 1. The molecule has 0 radical (unpaired) electrons. The van der Waals surface area contributed by atoms with E-state index in [0.29, 0.717) is 0 Å². The van der Waals surface area contributed by atoms with Gasteiger partial charge in [0, 0.05) is 13.1 Å². The van der Waals surface area contributed by atoms with Crippen molar-refractivity contribution in [2.24, 2.45) is 17.2 Å². The highest BCUT2D eigenvalue weighted by atomic mass is 16.4. The number of rotatable bonds is 5. The smallest absolute Gasteiger partial charge is 0.322 e. The summed E-state index contributed by atoms with van der Waals surface area (Å²) in [4.78, 5) is 21.2. The summed E-state index contributed by atoms with van der Waals surface area (Å²) in [5.41, 5.74) is 15.5. The van der Waals surface area contributed by atoms with Gasteiger partial charge in [0.15, 0.2) is 0 Å². The second kappa shape index (κ2) is 5.46. The van der Waals surface area contributed by atoms with Crippen LogP contribution in [0.15, 0.2) is 0 Å². The summed E-state index contributed by atoms with van der Waals surface area (Å²) in [5, 5.41) is 10.6. The number of aliphatic carboxylic acids is 1. The molecule has 76 valence electrons. The summed E-state index contributed by atoms with van der Waals surface area (Å²) in [6.45, 7) is -0.143. The van der Waals surface area contributed by atoms with Gasteiger partial charge in [0.1, 0.15) is 6.04 Å². The summed E-state index contributed by atoms with van der Waals surface area (Å²) in [6, 6.07) is -1.94. The number of hydrogen-bond acceptors (Lipinski definition) is 5. The number of hydrogen-bond donors (Lipinski definition) is 5. The van der Waals surface area contributed by atoms with Crippen LogP contribution in [0.1, 0.15) is 0 Å². The van der Waals surface area contributed by atoms with Crippen molar-refractivity contribution < 1.29 is 14.7 Å². The molecule has 2 atom stereocenters. The Morgan fingerprint density at radius 3 is 2.23 bits per heavy atom. The minimum Gasteiger partial charge on any atom is -0.480 e. The Kier molecular flexibility index (Phi) is 4.97. The van der Waals surface area contributed by atoms with Crippen molar-refractivity contribution >= 4 is 11.9 Å². The maximum absolute atomic E-state index is 10.9. The van der Waals surface area contributed by atoms with Crippen LogP contribution in [-0.2, 0) is 9.59 Å². The normalized spacial score (nSPS) is 14.7. The van der Waals surface area contributed by atoms with Crippen molar-refractivity contribution in [3.8, 4) is 0 Å². The molecular weight excluding hydrogens is 176 g/mol. The summed E-state index contributed by atoms with van der Waals surface area (Å²) in [6.07, 6.45) is 0. The summed E-state index contributed by atoms with van der Waals surface area (Å²) in [5.74, 6) is -1.68. The first-order valence-corrected chi connectivity index (χ1v) is 3.70. The lowest BCUT2D eigenvalue weighted by Gasteiger charge is -2.11. The maximum atomic E-state index is 10.9. The molecule has 0 aromatic carbocycles. The van der Waals surface area contributed by atoms with Gasteiger partial charge in [-0.3, -0.25) is 9.59 Å². The van der Waals surface area contributed by atoms with Gasteiger partial charge in [-0.2, -0.15) is 0 Å². The first kappa shape index (κ1) is 11.8. The lowest BCUT2D eigenvalue weighted by atomic mass is 10.2. The predicted octanol–water partition coefficient (Wildman–Crippen LogP) is -3.20. The number of carboxylic acids is 1. The van der Waals surface area contributed by atoms with Crippen molar-refractivity contribution in [2.75, 3.05) is 13.1 Å². The van der Waals surface area contributed by atoms with E-state index in [0.717, 1.165) is 0 Å². The molecule has 0 unspecified atom stereocenters. The Morgan fingerprint density at radius 1 is 1.31 bits per heavy atom. The van der Waals surface area contributed by atoms with Crippen LogP contribution in [0.3, 0.4) is 0 Å². The molecule has 7 nitrogen and oxygen atoms in total. The SMILES string of the molecule is NC[C@H](N)C(=O)NC[C@@H](N)C(=O)O. The van der Waals surface area contributed by atoms with Crippen molar-refractivity contribution in [3.05, 3.63) is 0 Å². The third-order valence-electron chi connectivity index (χ3n) is 1.40. The molecule has 0 aliphatic carbocycles. The molecule has 0 aliphatic heterocycles. The Bertz CT molecular complexity index is 196. The van der Waals surface area contributed by atoms with Gasteiger partial charge < -0.3 is 27.6 Å². The van der Waals surface area contributed by atoms with Crippen molar-refractivity contribution in [3.63, 3.8) is 0 Å². The number of carbonyl (C=O) groups is 2. The van der Waals surface area contributed by atoms with Crippen LogP contribution < -0.4 is 22.5 Å². The lowest BCUT2D eigenvalue weighted by Crippen LogP contribution is -2.50. The molecule has 0 saturated carbocycles. The van der Waals surface area contributed by atoms with E-state index < -0.39 is 24.0 Å². The van der Waals surface area contributed by atoms with Crippen LogP contribution in [0.25, 0.3) is 0 Å². The van der Waals surface area contributed by atoms with E-state index in [-0.39, 0.29) is 13.1 Å². The first-order chi connectivity index (χ1) is 5.99. The fraction of sp³-hybridized carbons (Fsp3) is 0.667. The average Bonchev–Trinajstić information content (AvgIpc) is 2.11. The quantitative estimate of drug-likeness (QED) is 0.309. The molecule has 0 spiro atoms. The highest BCUT2D eigenvalue weighted by Crippen LogP contribution is 1.78. The molecule has 0 heterocycles. The first-order valence-electron chi connectivity index (χ1n) is 3.70. The molecule has 0 saturated heterocycles. The highest BCUT2D eigenvalue weighted by Gasteiger charge is 2.15. The summed E-state index contributed by atoms with van der Waals surface area (Å²) in [7, 11) is 0. The highest BCUT2D eigenvalue weighted by molar-refractivity contribution is 5.82. The van der Waals surface area contributed by atoms with Gasteiger partial charge in [0.05, 0.1) is 6.04 Å². The van der Waals surface area contributed by atoms with Crippen LogP contribution in [0.4, 0.5) is 0 Å². The molecule has 0 aliphatic rings. The zero-order chi connectivity index (χ0) is 10.4. The molecule has 0 rings (SSSR count). The second-order valence-corrected chi connectivity index (χ2v) is 2.53. The van der Waals surface area contributed by atoms with E-state index in [1.54, 1.807) is 0 Å². The zero-order valence-corrected chi connectivity index (χ0v) is 7.06. The van der Waals surface area contributed by atoms with Gasteiger partial charge in [-0.05, 0) is 0 Å². The molecule has 8 N–H and O–H groups in total. The minimum absolute atomic E-state index is 0.00808. The molecule has 13 heavy (non-hydrogen) atoms. The predicted molar refractivity (Wildman–Crippen MR) is 45.7 cm³/mol. The fourth-order valence-electron chi connectivity index (χ4n) is 0.536. The maximum Gasteiger partial charge on any atom is 0.322 e. The number of nitrogens with one attached hydrogen (secondary N) is 1. The molecule has 0 aromatic heterocycles. The van der Waals surface area contributed by atoms with E-state index >= 15 is 0 Å². The van der Waals surface area contributed by atoms with E-state index in [1.165, 1.54) is 0 Å². The Balaban J connectivity index is 3.76. The van der Waals surface area contributed by atoms with Crippen LogP contribution in [0.2, 0.25) is 0 Å². The Labute approximate surface area is 75.3 Å². The monoisotopic (exact) mass is 190 g/mol. The van der Waals surface area contributed by atoms with Crippen LogP contribution in [-0.4, -0.2) is 42.2 Å². The Morgan fingerprint density at radius 2 is 1.85 bits per heavy atom. The topological polar surface area (TPSA) is 144 Å². The summed E-state index contributed by atoms with van der Waals surface area (Å²) >= 11 is 0. The van der Waals surface area contributed by atoms with Crippen molar-refractivity contribution in [1.29, 1.82) is 0 Å². The number of carboxylic acid groups (broad SMARTS) is 1. The standard InChI is InChI=1S/C6H14N4O3/c7-1-3(8)5(11)10-2-4(9)6(12)13/h3-4H,1-2,7-9H2,(H,10,11)(H,12,13)/t3-,4+/m0/s1. The van der Waals surface area contributed by atoms with Crippen LogP contribution in [0, 0.1) is 0 Å². The third kappa shape index (κ3) is 4.41. The molecule has 0 fully saturated rings. The van der Waals surface area contributed by atoms with Gasteiger partial charge in [0.2, 0.25) is 5.91 Å². The zero-order valence-electron chi connectivity index (χ0n) is 7.06. The fourth-order valence-corrected chi connectivity index (χ4v) is 0.536. The number of carbonyl (C=O) groups excluding carboxylic acids is 1. The molecule has 7 heteroatoms. The van der Waals surface area contributed by atoms with Gasteiger partial charge in [-0.15, -0.1) is 0 Å². The molecule has 0 bridgehead atoms. The van der Waals surface area contributed by atoms with Gasteiger partial charge in [-0.25, -0.2) is 0 Å². The van der Waals surface area contributed by atoms with Crippen LogP contribution in [0.5, 0.6) is 0 Å². The van der Waals surface area contributed by atoms with Crippen molar-refractivity contribution in [2.45, 2.75) is 12.1 Å².